The van der Waals surface area contributed by atoms with Crippen molar-refractivity contribution >= 4 is 32.6 Å². The van der Waals surface area contributed by atoms with Gasteiger partial charge in [0.2, 0.25) is 0 Å². The zero-order chi connectivity index (χ0) is 20.1. The van der Waals surface area contributed by atoms with Crippen molar-refractivity contribution in [3.05, 3.63) is 94.1 Å². The SMILES string of the molecule is COc1ccc2ccccc2c1-n1c2ccc(C)cc2c(=O)c2cc(C)ccc21. The molecule has 0 spiro atoms. The number of aryl methyl sites for hydroxylation is 2. The van der Waals surface area contributed by atoms with Crippen molar-refractivity contribution in [2.75, 3.05) is 7.11 Å². The molecule has 3 nitrogen and oxygen atoms in total. The average molecular weight is 379 g/mol. The first-order valence-electron chi connectivity index (χ1n) is 9.70. The summed E-state index contributed by atoms with van der Waals surface area (Å²) in [6, 6.07) is 24.5. The summed E-state index contributed by atoms with van der Waals surface area (Å²) in [5.41, 5.74) is 4.92. The van der Waals surface area contributed by atoms with E-state index < -0.39 is 0 Å². The molecular weight excluding hydrogens is 358 g/mol. The molecule has 0 saturated carbocycles. The Hall–Kier alpha value is -3.59. The molecule has 0 aliphatic rings. The second kappa shape index (κ2) is 6.49. The maximum absolute atomic E-state index is 13.3. The van der Waals surface area contributed by atoms with Gasteiger partial charge in [0.05, 0.1) is 23.8 Å². The molecule has 5 aromatic rings. The van der Waals surface area contributed by atoms with Gasteiger partial charge < -0.3 is 9.30 Å². The molecule has 0 aliphatic carbocycles. The van der Waals surface area contributed by atoms with E-state index in [0.29, 0.717) is 0 Å². The molecule has 1 aromatic heterocycles. The first kappa shape index (κ1) is 17.5. The van der Waals surface area contributed by atoms with Gasteiger partial charge in [0.1, 0.15) is 5.75 Å². The Balaban J connectivity index is 2.10. The highest BCUT2D eigenvalue weighted by Gasteiger charge is 2.17. The summed E-state index contributed by atoms with van der Waals surface area (Å²) in [6.07, 6.45) is 0. The highest BCUT2D eigenvalue weighted by atomic mass is 16.5. The zero-order valence-corrected chi connectivity index (χ0v) is 16.7. The van der Waals surface area contributed by atoms with Crippen LogP contribution in [-0.4, -0.2) is 11.7 Å². The third kappa shape index (κ3) is 2.62. The van der Waals surface area contributed by atoms with Gasteiger partial charge in [-0.05, 0) is 49.6 Å². The quantitative estimate of drug-likeness (QED) is 0.356. The topological polar surface area (TPSA) is 31.2 Å². The van der Waals surface area contributed by atoms with E-state index in [1.807, 2.05) is 56.3 Å². The number of benzene rings is 4. The van der Waals surface area contributed by atoms with Gasteiger partial charge in [-0.15, -0.1) is 0 Å². The predicted octanol–water partition coefficient (Wildman–Crippen LogP) is 5.92. The van der Waals surface area contributed by atoms with Gasteiger partial charge in [-0.1, -0.05) is 53.6 Å². The number of methoxy groups -OCH3 is 1. The molecule has 5 rings (SSSR count). The van der Waals surface area contributed by atoms with E-state index in [9.17, 15) is 4.79 Å². The third-order valence-corrected chi connectivity index (χ3v) is 5.58. The van der Waals surface area contributed by atoms with E-state index in [1.54, 1.807) is 7.11 Å². The Morgan fingerprint density at radius 3 is 1.97 bits per heavy atom. The lowest BCUT2D eigenvalue weighted by atomic mass is 10.0. The van der Waals surface area contributed by atoms with Gasteiger partial charge in [-0.2, -0.15) is 0 Å². The van der Waals surface area contributed by atoms with Crippen LogP contribution in [0, 0.1) is 13.8 Å². The van der Waals surface area contributed by atoms with E-state index in [2.05, 4.69) is 34.9 Å². The van der Waals surface area contributed by atoms with E-state index in [0.717, 1.165) is 55.1 Å². The zero-order valence-electron chi connectivity index (χ0n) is 16.7. The molecule has 0 unspecified atom stereocenters. The van der Waals surface area contributed by atoms with Crippen molar-refractivity contribution < 1.29 is 4.74 Å². The Morgan fingerprint density at radius 2 is 1.34 bits per heavy atom. The van der Waals surface area contributed by atoms with Crippen molar-refractivity contribution in [2.24, 2.45) is 0 Å². The van der Waals surface area contributed by atoms with Crippen LogP contribution in [0.1, 0.15) is 11.1 Å². The van der Waals surface area contributed by atoms with Crippen molar-refractivity contribution in [2.45, 2.75) is 13.8 Å². The second-order valence-corrected chi connectivity index (χ2v) is 7.54. The fourth-order valence-corrected chi connectivity index (χ4v) is 4.20. The highest BCUT2D eigenvalue weighted by molar-refractivity contribution is 6.01. The minimum atomic E-state index is 0.0675. The normalized spacial score (nSPS) is 11.4. The van der Waals surface area contributed by atoms with Gasteiger partial charge in [0.25, 0.3) is 0 Å². The Kier molecular flexibility index (Phi) is 3.92. The first-order chi connectivity index (χ1) is 14.1. The number of rotatable bonds is 2. The summed E-state index contributed by atoms with van der Waals surface area (Å²) >= 11 is 0. The summed E-state index contributed by atoms with van der Waals surface area (Å²) in [7, 11) is 1.69. The molecule has 0 saturated heterocycles. The summed E-state index contributed by atoms with van der Waals surface area (Å²) in [4.78, 5) is 13.3. The van der Waals surface area contributed by atoms with Crippen molar-refractivity contribution in [3.63, 3.8) is 0 Å². The van der Waals surface area contributed by atoms with Crippen molar-refractivity contribution in [1.82, 2.24) is 4.57 Å². The largest absolute Gasteiger partial charge is 0.495 e. The Morgan fingerprint density at radius 1 is 0.724 bits per heavy atom. The average Bonchev–Trinajstić information content (AvgIpc) is 2.74. The lowest BCUT2D eigenvalue weighted by Crippen LogP contribution is -2.12. The van der Waals surface area contributed by atoms with Crippen LogP contribution in [0.4, 0.5) is 0 Å². The lowest BCUT2D eigenvalue weighted by molar-refractivity contribution is 0.414. The van der Waals surface area contributed by atoms with Gasteiger partial charge in [-0.25, -0.2) is 0 Å². The molecule has 0 fully saturated rings. The van der Waals surface area contributed by atoms with E-state index in [4.69, 9.17) is 4.74 Å². The van der Waals surface area contributed by atoms with Crippen LogP contribution in [0.2, 0.25) is 0 Å². The van der Waals surface area contributed by atoms with Crippen LogP contribution in [-0.2, 0) is 0 Å². The second-order valence-electron chi connectivity index (χ2n) is 7.54. The first-order valence-corrected chi connectivity index (χ1v) is 9.70. The van der Waals surface area contributed by atoms with E-state index in [1.165, 1.54) is 0 Å². The highest BCUT2D eigenvalue weighted by Crippen LogP contribution is 2.36. The smallest absolute Gasteiger partial charge is 0.197 e. The van der Waals surface area contributed by atoms with E-state index >= 15 is 0 Å². The molecule has 4 aromatic carbocycles. The molecule has 0 bridgehead atoms. The summed E-state index contributed by atoms with van der Waals surface area (Å²) < 4.78 is 7.96. The lowest BCUT2D eigenvalue weighted by Gasteiger charge is -2.20. The Bertz CT molecular complexity index is 1410. The van der Waals surface area contributed by atoms with Gasteiger partial charge in [0.15, 0.2) is 5.43 Å². The monoisotopic (exact) mass is 379 g/mol. The van der Waals surface area contributed by atoms with E-state index in [-0.39, 0.29) is 5.43 Å². The van der Waals surface area contributed by atoms with Crippen LogP contribution in [0.5, 0.6) is 5.75 Å². The van der Waals surface area contributed by atoms with Crippen LogP contribution < -0.4 is 10.2 Å². The molecule has 1 heterocycles. The van der Waals surface area contributed by atoms with Crippen LogP contribution in [0.15, 0.2) is 77.6 Å². The number of hydrogen-bond donors (Lipinski definition) is 0. The number of fused-ring (bicyclic) bond motifs is 3. The number of aromatic nitrogens is 1. The molecular formula is C26H21NO2. The molecule has 0 atom stereocenters. The van der Waals surface area contributed by atoms with Gasteiger partial charge >= 0.3 is 0 Å². The predicted molar refractivity (Wildman–Crippen MR) is 121 cm³/mol. The van der Waals surface area contributed by atoms with Crippen LogP contribution >= 0.6 is 0 Å². The fourth-order valence-electron chi connectivity index (χ4n) is 4.20. The Labute approximate surface area is 168 Å². The molecule has 0 N–H and O–H groups in total. The maximum atomic E-state index is 13.3. The van der Waals surface area contributed by atoms with Gasteiger partial charge in [-0.3, -0.25) is 4.79 Å². The summed E-state index contributed by atoms with van der Waals surface area (Å²) in [5.74, 6) is 0.774. The molecule has 3 heteroatoms. The minimum Gasteiger partial charge on any atom is -0.495 e. The number of hydrogen-bond acceptors (Lipinski definition) is 2. The maximum Gasteiger partial charge on any atom is 0.197 e. The minimum absolute atomic E-state index is 0.0675. The van der Waals surface area contributed by atoms with Crippen LogP contribution in [0.25, 0.3) is 38.3 Å². The molecule has 0 aliphatic heterocycles. The number of pyridine rings is 1. The molecule has 29 heavy (non-hydrogen) atoms. The number of nitrogens with zero attached hydrogens (tertiary/aromatic N) is 1. The van der Waals surface area contributed by atoms with Gasteiger partial charge in [0, 0.05) is 16.2 Å². The van der Waals surface area contributed by atoms with Crippen LogP contribution in [0.3, 0.4) is 0 Å². The fraction of sp³-hybridized carbons (Fsp3) is 0.115. The summed E-state index contributed by atoms with van der Waals surface area (Å²) in [6.45, 7) is 4.03. The molecule has 0 radical (unpaired) electrons. The molecule has 142 valence electrons. The summed E-state index contributed by atoms with van der Waals surface area (Å²) in [5, 5.41) is 3.65. The van der Waals surface area contributed by atoms with Crippen molar-refractivity contribution in [3.8, 4) is 11.4 Å². The van der Waals surface area contributed by atoms with Crippen molar-refractivity contribution in [1.29, 1.82) is 0 Å². The standard InChI is InChI=1S/C26H21NO2/c1-16-8-11-22-20(14-16)26(28)21-15-17(2)9-12-23(21)27(22)25-19-7-5-4-6-18(19)10-13-24(25)29-3/h4-15H,1-3H3. The molecule has 0 amide bonds. The third-order valence-electron chi connectivity index (χ3n) is 5.58. The number of ether oxygens (including phenoxy) is 1.